The first kappa shape index (κ1) is 29.9. The first-order chi connectivity index (χ1) is 19.4. The highest BCUT2D eigenvalue weighted by Gasteiger charge is 2.29. The molecule has 0 aliphatic heterocycles. The lowest BCUT2D eigenvalue weighted by atomic mass is 9.95. The van der Waals surface area contributed by atoms with Gasteiger partial charge >= 0.3 is 5.97 Å². The Morgan fingerprint density at radius 1 is 1.00 bits per heavy atom. The van der Waals surface area contributed by atoms with E-state index in [9.17, 15) is 23.1 Å². The normalized spacial score (nSPS) is 12.4. The predicted molar refractivity (Wildman–Crippen MR) is 159 cm³/mol. The number of aryl methyl sites for hydroxylation is 1. The highest BCUT2D eigenvalue weighted by molar-refractivity contribution is 7.89. The van der Waals surface area contributed by atoms with E-state index in [1.54, 1.807) is 32.2 Å². The second-order valence-electron chi connectivity index (χ2n) is 10.3. The second kappa shape index (κ2) is 12.2. The molecule has 1 unspecified atom stereocenters. The number of aromatic amines is 1. The van der Waals surface area contributed by atoms with Crippen LogP contribution < -0.4 is 15.6 Å². The number of carboxylic acids is 1. The largest absolute Gasteiger partial charge is 0.481 e. The monoisotopic (exact) mass is 577 g/mol. The molecular formula is C30H35N5O5S. The molecule has 0 fully saturated rings. The van der Waals surface area contributed by atoms with Gasteiger partial charge in [-0.1, -0.05) is 12.1 Å². The van der Waals surface area contributed by atoms with Gasteiger partial charge in [0.1, 0.15) is 11.6 Å². The zero-order chi connectivity index (χ0) is 29.9. The number of nitrogens with zero attached hydrogens (tertiary/aromatic N) is 2. The molecule has 41 heavy (non-hydrogen) atoms. The van der Waals surface area contributed by atoms with E-state index in [0.717, 1.165) is 34.5 Å². The fraction of sp³-hybridized carbons (Fsp3) is 0.333. The first-order valence-electron chi connectivity index (χ1n) is 13.4. The smallest absolute Gasteiger partial charge is 0.305 e. The Morgan fingerprint density at radius 2 is 1.68 bits per heavy atom. The van der Waals surface area contributed by atoms with Gasteiger partial charge in [-0.05, 0) is 105 Å². The van der Waals surface area contributed by atoms with Crippen molar-refractivity contribution in [1.29, 1.82) is 0 Å². The average Bonchev–Trinajstić information content (AvgIpc) is 2.93. The van der Waals surface area contributed by atoms with Gasteiger partial charge in [-0.15, -0.1) is 0 Å². The van der Waals surface area contributed by atoms with Gasteiger partial charge in [-0.2, -0.15) is 4.72 Å². The van der Waals surface area contributed by atoms with Crippen LogP contribution in [0.5, 0.6) is 0 Å². The fourth-order valence-electron chi connectivity index (χ4n) is 4.98. The van der Waals surface area contributed by atoms with Crippen LogP contribution in [0.2, 0.25) is 0 Å². The quantitative estimate of drug-likeness (QED) is 0.191. The van der Waals surface area contributed by atoms with Crippen molar-refractivity contribution in [2.75, 3.05) is 11.9 Å². The van der Waals surface area contributed by atoms with Crippen LogP contribution in [0.4, 0.5) is 5.82 Å². The van der Waals surface area contributed by atoms with E-state index in [1.807, 2.05) is 45.0 Å². The van der Waals surface area contributed by atoms with E-state index in [2.05, 4.69) is 25.0 Å². The summed E-state index contributed by atoms with van der Waals surface area (Å²) < 4.78 is 29.8. The molecule has 2 aromatic heterocycles. The van der Waals surface area contributed by atoms with Crippen LogP contribution in [0.1, 0.15) is 58.1 Å². The van der Waals surface area contributed by atoms with Gasteiger partial charge in [0.05, 0.1) is 28.3 Å². The summed E-state index contributed by atoms with van der Waals surface area (Å²) in [5.74, 6) is -0.500. The molecule has 4 N–H and O–H groups in total. The maximum absolute atomic E-state index is 13.6. The number of fused-ring (bicyclic) bond motifs is 1. The number of carbonyl (C=O) groups is 1. The Morgan fingerprint density at radius 3 is 2.32 bits per heavy atom. The van der Waals surface area contributed by atoms with E-state index in [4.69, 9.17) is 0 Å². The number of rotatable bonds is 11. The maximum Gasteiger partial charge on any atom is 0.305 e. The molecule has 10 nitrogen and oxygen atoms in total. The van der Waals surface area contributed by atoms with Gasteiger partial charge in [-0.3, -0.25) is 9.59 Å². The van der Waals surface area contributed by atoms with E-state index in [0.29, 0.717) is 35.0 Å². The van der Waals surface area contributed by atoms with Crippen molar-refractivity contribution < 1.29 is 18.3 Å². The highest BCUT2D eigenvalue weighted by Crippen LogP contribution is 2.30. The third-order valence-corrected chi connectivity index (χ3v) is 9.35. The van der Waals surface area contributed by atoms with Crippen LogP contribution >= 0.6 is 0 Å². The minimum Gasteiger partial charge on any atom is -0.481 e. The summed E-state index contributed by atoms with van der Waals surface area (Å²) >= 11 is 0. The Bertz CT molecular complexity index is 1740. The van der Waals surface area contributed by atoms with Gasteiger partial charge in [0.15, 0.2) is 0 Å². The molecule has 0 saturated heterocycles. The molecule has 2 aromatic carbocycles. The van der Waals surface area contributed by atoms with Crippen molar-refractivity contribution in [3.8, 4) is 0 Å². The van der Waals surface area contributed by atoms with Crippen molar-refractivity contribution in [3.05, 3.63) is 92.2 Å². The van der Waals surface area contributed by atoms with E-state index in [1.165, 1.54) is 0 Å². The number of benzene rings is 2. The molecule has 0 aliphatic carbocycles. The summed E-state index contributed by atoms with van der Waals surface area (Å²) in [7, 11) is -4.17. The van der Waals surface area contributed by atoms with Gasteiger partial charge in [0, 0.05) is 12.7 Å². The number of nitrogens with one attached hydrogen (secondary N) is 3. The second-order valence-corrected chi connectivity index (χ2v) is 11.9. The molecule has 1 atom stereocenters. The van der Waals surface area contributed by atoms with Crippen LogP contribution in [-0.4, -0.2) is 41.0 Å². The van der Waals surface area contributed by atoms with E-state index >= 15 is 0 Å². The topological polar surface area (TPSA) is 154 Å². The molecule has 216 valence electrons. The molecule has 0 amide bonds. The fourth-order valence-corrected chi connectivity index (χ4v) is 6.78. The SMILES string of the molecule is Cc1c(C)c(C)c(S(=O)(=O)NC(CC(=O)O)c2nc3ccc(CCCNc4ccccn4)cc3c(=O)[nH]2)c(C)c1C. The minimum atomic E-state index is -4.17. The molecule has 0 aliphatic rings. The highest BCUT2D eigenvalue weighted by atomic mass is 32.2. The number of anilines is 1. The number of sulfonamides is 1. The van der Waals surface area contributed by atoms with Crippen molar-refractivity contribution in [2.24, 2.45) is 0 Å². The van der Waals surface area contributed by atoms with Crippen molar-refractivity contribution in [1.82, 2.24) is 19.7 Å². The summed E-state index contributed by atoms with van der Waals surface area (Å²) in [4.78, 5) is 36.3. The minimum absolute atomic E-state index is 0.0587. The Kier molecular flexibility index (Phi) is 8.89. The van der Waals surface area contributed by atoms with Gasteiger partial charge in [0.2, 0.25) is 10.0 Å². The lowest BCUT2D eigenvalue weighted by molar-refractivity contribution is -0.137. The first-order valence-corrected chi connectivity index (χ1v) is 14.9. The molecule has 0 radical (unpaired) electrons. The van der Waals surface area contributed by atoms with Crippen molar-refractivity contribution >= 4 is 32.7 Å². The summed E-state index contributed by atoms with van der Waals surface area (Å²) in [5.41, 5.74) is 4.72. The van der Waals surface area contributed by atoms with Crippen LogP contribution in [0.3, 0.4) is 0 Å². The molecule has 0 bridgehead atoms. The van der Waals surface area contributed by atoms with Crippen LogP contribution in [0.15, 0.2) is 52.3 Å². The lowest BCUT2D eigenvalue weighted by Crippen LogP contribution is -2.33. The van der Waals surface area contributed by atoms with Crippen LogP contribution in [0, 0.1) is 34.6 Å². The summed E-state index contributed by atoms with van der Waals surface area (Å²) in [6.07, 6.45) is 2.64. The molecule has 4 aromatic rings. The van der Waals surface area contributed by atoms with E-state index in [-0.39, 0.29) is 10.7 Å². The number of hydrogen-bond donors (Lipinski definition) is 4. The maximum atomic E-state index is 13.6. The Balaban J connectivity index is 1.60. The zero-order valence-electron chi connectivity index (χ0n) is 23.8. The molecule has 11 heteroatoms. The Hall–Kier alpha value is -4.09. The molecule has 0 spiro atoms. The number of aromatic nitrogens is 3. The van der Waals surface area contributed by atoms with Crippen molar-refractivity contribution in [3.63, 3.8) is 0 Å². The number of hydrogen-bond acceptors (Lipinski definition) is 7. The molecular weight excluding hydrogens is 542 g/mol. The summed E-state index contributed by atoms with van der Waals surface area (Å²) in [6, 6.07) is 9.68. The molecule has 2 heterocycles. The zero-order valence-corrected chi connectivity index (χ0v) is 24.6. The number of aliphatic carboxylic acids is 1. The molecule has 0 saturated carbocycles. The predicted octanol–water partition coefficient (Wildman–Crippen LogP) is 4.40. The van der Waals surface area contributed by atoms with Crippen molar-refractivity contribution in [2.45, 2.75) is 64.8 Å². The third-order valence-electron chi connectivity index (χ3n) is 7.61. The van der Waals surface area contributed by atoms with Gasteiger partial charge in [-0.25, -0.2) is 18.4 Å². The number of H-pyrrole nitrogens is 1. The van der Waals surface area contributed by atoms with Crippen LogP contribution in [-0.2, 0) is 21.2 Å². The number of carboxylic acid groups (broad SMARTS) is 1. The van der Waals surface area contributed by atoms with Gasteiger partial charge < -0.3 is 15.4 Å². The standard InChI is InChI=1S/C30H35N5O5S/c1-17-18(2)20(4)28(21(5)19(17)3)41(39,40)35-25(16-27(36)37)29-33-24-12-11-22(15-23(24)30(38)34-29)9-8-14-32-26-10-6-7-13-31-26/h6-7,10-13,15,25,35H,8-9,14,16H2,1-5H3,(H,31,32)(H,36,37)(H,33,34,38). The molecule has 4 rings (SSSR count). The van der Waals surface area contributed by atoms with Crippen LogP contribution in [0.25, 0.3) is 10.9 Å². The number of pyridine rings is 1. The third kappa shape index (κ3) is 6.63. The average molecular weight is 578 g/mol. The summed E-state index contributed by atoms with van der Waals surface area (Å²) in [5, 5.41) is 13.2. The lowest BCUT2D eigenvalue weighted by Gasteiger charge is -2.22. The van der Waals surface area contributed by atoms with E-state index < -0.39 is 34.0 Å². The Labute approximate surface area is 239 Å². The summed E-state index contributed by atoms with van der Waals surface area (Å²) in [6.45, 7) is 9.83. The van der Waals surface area contributed by atoms with Gasteiger partial charge in [0.25, 0.3) is 5.56 Å².